The van der Waals surface area contributed by atoms with Crippen LogP contribution in [0.2, 0.25) is 5.15 Å². The molecule has 0 aromatic carbocycles. The van der Waals surface area contributed by atoms with E-state index in [1.165, 1.54) is 0 Å². The molecule has 0 saturated heterocycles. The molecule has 1 N–H and O–H groups in total. The molecule has 5 heteroatoms. The number of halogens is 1. The monoisotopic (exact) mass is 283 g/mol. The standard InChI is InChI=1S/C13H18ClN3S/c1-4-13(5-2,18-3)9-16-12-7-10(8-15)6-11(14)17-12/h6-7H,4-5,9H2,1-3H3,(H,16,17). The van der Waals surface area contributed by atoms with Gasteiger partial charge in [-0.1, -0.05) is 25.4 Å². The Labute approximate surface area is 118 Å². The number of thioether (sulfide) groups is 1. The van der Waals surface area contributed by atoms with E-state index in [-0.39, 0.29) is 4.75 Å². The van der Waals surface area contributed by atoms with Gasteiger partial charge < -0.3 is 5.32 Å². The second-order valence-corrected chi connectivity index (χ2v) is 5.78. The van der Waals surface area contributed by atoms with Crippen LogP contribution in [0.25, 0.3) is 0 Å². The zero-order chi connectivity index (χ0) is 13.6. The summed E-state index contributed by atoms with van der Waals surface area (Å²) in [7, 11) is 0. The minimum Gasteiger partial charge on any atom is -0.369 e. The molecular weight excluding hydrogens is 266 g/mol. The number of nitrogens with one attached hydrogen (secondary N) is 1. The molecule has 0 aliphatic rings. The summed E-state index contributed by atoms with van der Waals surface area (Å²) in [5.41, 5.74) is 0.528. The van der Waals surface area contributed by atoms with Crippen molar-refractivity contribution >= 4 is 29.2 Å². The van der Waals surface area contributed by atoms with Gasteiger partial charge in [-0.15, -0.1) is 0 Å². The van der Waals surface area contributed by atoms with Gasteiger partial charge in [0.05, 0.1) is 11.6 Å². The maximum absolute atomic E-state index is 8.88. The summed E-state index contributed by atoms with van der Waals surface area (Å²) < 4.78 is 0.205. The second kappa shape index (κ2) is 6.86. The predicted molar refractivity (Wildman–Crippen MR) is 79.3 cm³/mol. The molecule has 0 unspecified atom stereocenters. The van der Waals surface area contributed by atoms with E-state index in [1.54, 1.807) is 12.1 Å². The van der Waals surface area contributed by atoms with E-state index in [1.807, 2.05) is 11.8 Å². The van der Waals surface area contributed by atoms with E-state index in [4.69, 9.17) is 16.9 Å². The second-order valence-electron chi connectivity index (χ2n) is 4.12. The van der Waals surface area contributed by atoms with Crippen LogP contribution in [0, 0.1) is 11.3 Å². The third-order valence-corrected chi connectivity index (χ3v) is 5.02. The summed E-state index contributed by atoms with van der Waals surface area (Å²) in [4.78, 5) is 4.18. The highest BCUT2D eigenvalue weighted by Gasteiger charge is 2.24. The Morgan fingerprint density at radius 3 is 2.61 bits per heavy atom. The average Bonchev–Trinajstić information content (AvgIpc) is 2.40. The smallest absolute Gasteiger partial charge is 0.132 e. The molecule has 0 spiro atoms. The van der Waals surface area contributed by atoms with Crippen LogP contribution in [0.1, 0.15) is 32.3 Å². The van der Waals surface area contributed by atoms with Crippen molar-refractivity contribution in [3.05, 3.63) is 22.8 Å². The minimum atomic E-state index is 0.205. The van der Waals surface area contributed by atoms with Gasteiger partial charge in [0.1, 0.15) is 11.0 Å². The first-order chi connectivity index (χ1) is 8.59. The van der Waals surface area contributed by atoms with Crippen molar-refractivity contribution in [1.82, 2.24) is 4.98 Å². The predicted octanol–water partition coefficient (Wildman–Crippen LogP) is 3.94. The molecule has 0 radical (unpaired) electrons. The summed E-state index contributed by atoms with van der Waals surface area (Å²) in [6.45, 7) is 5.20. The van der Waals surface area contributed by atoms with Crippen LogP contribution in [0.3, 0.4) is 0 Å². The van der Waals surface area contributed by atoms with Crippen molar-refractivity contribution in [2.24, 2.45) is 0 Å². The molecule has 0 amide bonds. The van der Waals surface area contributed by atoms with E-state index in [0.29, 0.717) is 16.5 Å². The maximum atomic E-state index is 8.88. The average molecular weight is 284 g/mol. The Hall–Kier alpha value is -0.920. The van der Waals surface area contributed by atoms with E-state index in [0.717, 1.165) is 19.4 Å². The van der Waals surface area contributed by atoms with Crippen LogP contribution in [0.4, 0.5) is 5.82 Å². The number of hydrogen-bond acceptors (Lipinski definition) is 4. The van der Waals surface area contributed by atoms with Crippen molar-refractivity contribution < 1.29 is 0 Å². The lowest BCUT2D eigenvalue weighted by Crippen LogP contribution is -2.32. The lowest BCUT2D eigenvalue weighted by Gasteiger charge is -2.30. The highest BCUT2D eigenvalue weighted by molar-refractivity contribution is 8.00. The number of anilines is 1. The Bertz CT molecular complexity index is 430. The zero-order valence-corrected chi connectivity index (χ0v) is 12.5. The van der Waals surface area contributed by atoms with Crippen LogP contribution >= 0.6 is 23.4 Å². The molecule has 1 rings (SSSR count). The zero-order valence-electron chi connectivity index (χ0n) is 11.0. The first kappa shape index (κ1) is 15.1. The molecule has 1 aromatic rings. The van der Waals surface area contributed by atoms with Gasteiger partial charge in [0.2, 0.25) is 0 Å². The number of aromatic nitrogens is 1. The Kier molecular flexibility index (Phi) is 5.77. The molecule has 1 aromatic heterocycles. The van der Waals surface area contributed by atoms with Crippen LogP contribution in [0.15, 0.2) is 12.1 Å². The van der Waals surface area contributed by atoms with Gasteiger partial charge in [0, 0.05) is 11.3 Å². The van der Waals surface area contributed by atoms with Gasteiger partial charge in [-0.25, -0.2) is 4.98 Å². The van der Waals surface area contributed by atoms with Gasteiger partial charge >= 0.3 is 0 Å². The number of pyridine rings is 1. The molecule has 18 heavy (non-hydrogen) atoms. The van der Waals surface area contributed by atoms with Gasteiger partial charge in [-0.2, -0.15) is 17.0 Å². The third-order valence-electron chi connectivity index (χ3n) is 3.24. The molecule has 0 bridgehead atoms. The van der Waals surface area contributed by atoms with Gasteiger partial charge in [0.15, 0.2) is 0 Å². The quantitative estimate of drug-likeness (QED) is 0.804. The fraction of sp³-hybridized carbons (Fsp3) is 0.538. The molecule has 0 saturated carbocycles. The Balaban J connectivity index is 2.80. The van der Waals surface area contributed by atoms with Crippen molar-refractivity contribution in [3.8, 4) is 6.07 Å². The van der Waals surface area contributed by atoms with Crippen LogP contribution < -0.4 is 5.32 Å². The molecule has 0 fully saturated rings. The molecular formula is C13H18ClN3S. The van der Waals surface area contributed by atoms with E-state index in [9.17, 15) is 0 Å². The lowest BCUT2D eigenvalue weighted by atomic mass is 10.0. The Morgan fingerprint density at radius 2 is 2.11 bits per heavy atom. The Morgan fingerprint density at radius 1 is 1.44 bits per heavy atom. The molecule has 1 heterocycles. The summed E-state index contributed by atoms with van der Waals surface area (Å²) in [6, 6.07) is 5.37. The fourth-order valence-corrected chi connectivity index (χ4v) is 2.77. The molecule has 3 nitrogen and oxygen atoms in total. The van der Waals surface area contributed by atoms with E-state index < -0.39 is 0 Å². The number of nitriles is 1. The van der Waals surface area contributed by atoms with Crippen LogP contribution in [-0.4, -0.2) is 22.5 Å². The van der Waals surface area contributed by atoms with Crippen molar-refractivity contribution in [2.75, 3.05) is 18.1 Å². The maximum Gasteiger partial charge on any atom is 0.132 e. The largest absolute Gasteiger partial charge is 0.369 e. The number of rotatable bonds is 6. The van der Waals surface area contributed by atoms with E-state index in [2.05, 4.69) is 36.5 Å². The van der Waals surface area contributed by atoms with Crippen molar-refractivity contribution in [1.29, 1.82) is 5.26 Å². The van der Waals surface area contributed by atoms with Gasteiger partial charge in [-0.05, 0) is 31.2 Å². The first-order valence-corrected chi connectivity index (χ1v) is 7.56. The minimum absolute atomic E-state index is 0.205. The third kappa shape index (κ3) is 3.79. The van der Waals surface area contributed by atoms with Gasteiger partial charge in [0.25, 0.3) is 0 Å². The molecule has 0 aliphatic heterocycles. The van der Waals surface area contributed by atoms with Crippen molar-refractivity contribution in [2.45, 2.75) is 31.4 Å². The fourth-order valence-electron chi connectivity index (χ4n) is 1.76. The topological polar surface area (TPSA) is 48.7 Å². The summed E-state index contributed by atoms with van der Waals surface area (Å²) >= 11 is 7.74. The first-order valence-electron chi connectivity index (χ1n) is 5.96. The summed E-state index contributed by atoms with van der Waals surface area (Å²) in [6.07, 6.45) is 4.30. The highest BCUT2D eigenvalue weighted by Crippen LogP contribution is 2.30. The number of nitrogens with zero attached hydrogens (tertiary/aromatic N) is 2. The van der Waals surface area contributed by atoms with Crippen LogP contribution in [0.5, 0.6) is 0 Å². The van der Waals surface area contributed by atoms with E-state index >= 15 is 0 Å². The molecule has 98 valence electrons. The van der Waals surface area contributed by atoms with Crippen molar-refractivity contribution in [3.63, 3.8) is 0 Å². The number of hydrogen-bond donors (Lipinski definition) is 1. The normalized spacial score (nSPS) is 11.1. The summed E-state index contributed by atoms with van der Waals surface area (Å²) in [5, 5.41) is 12.5. The summed E-state index contributed by atoms with van der Waals surface area (Å²) in [5.74, 6) is 0.666. The van der Waals surface area contributed by atoms with Crippen LogP contribution in [-0.2, 0) is 0 Å². The molecule has 0 atom stereocenters. The highest BCUT2D eigenvalue weighted by atomic mass is 35.5. The SMILES string of the molecule is CCC(CC)(CNc1cc(C#N)cc(Cl)n1)SC. The lowest BCUT2D eigenvalue weighted by molar-refractivity contribution is 0.574. The molecule has 0 aliphatic carbocycles. The van der Waals surface area contributed by atoms with Gasteiger partial charge in [-0.3, -0.25) is 0 Å².